The Hall–Kier alpha value is -2.22. The number of piperidine rings is 1. The van der Waals surface area contributed by atoms with E-state index in [-0.39, 0.29) is 36.1 Å². The van der Waals surface area contributed by atoms with Crippen molar-refractivity contribution in [2.24, 2.45) is 17.8 Å². The van der Waals surface area contributed by atoms with Gasteiger partial charge in [0.05, 0.1) is 18.6 Å². The van der Waals surface area contributed by atoms with E-state index >= 15 is 0 Å². The largest absolute Gasteiger partial charge is 0.497 e. The third kappa shape index (κ3) is 5.04. The molecule has 0 bridgehead atoms. The first-order chi connectivity index (χ1) is 16.2. The molecule has 0 saturated carbocycles. The molecule has 5 atom stereocenters. The van der Waals surface area contributed by atoms with Gasteiger partial charge >= 0.3 is 0 Å². The molecule has 4 rings (SSSR count). The molecule has 2 aromatic carbocycles. The number of aliphatic hydroxyl groups is 1. The number of benzene rings is 2. The van der Waals surface area contributed by atoms with Gasteiger partial charge in [0.15, 0.2) is 0 Å². The zero-order valence-electron chi connectivity index (χ0n) is 20.7. The highest BCUT2D eigenvalue weighted by atomic mass is 35.5. The maximum absolute atomic E-state index is 14.7. The molecule has 5 nitrogen and oxygen atoms in total. The van der Waals surface area contributed by atoms with E-state index < -0.39 is 23.2 Å². The molecule has 0 radical (unpaired) electrons. The van der Waals surface area contributed by atoms with Crippen LogP contribution in [0.5, 0.6) is 5.75 Å². The molecule has 2 aromatic rings. The Morgan fingerprint density at radius 3 is 2.23 bits per heavy atom. The van der Waals surface area contributed by atoms with Gasteiger partial charge in [-0.2, -0.15) is 0 Å². The fraction of sp³-hybridized carbons (Fsp3) is 0.519. The van der Waals surface area contributed by atoms with E-state index in [4.69, 9.17) is 4.74 Å². The zero-order chi connectivity index (χ0) is 24.6. The first-order valence-electron chi connectivity index (χ1n) is 12.0. The molecule has 2 fully saturated rings. The van der Waals surface area contributed by atoms with Gasteiger partial charge in [-0.25, -0.2) is 8.78 Å². The summed E-state index contributed by atoms with van der Waals surface area (Å²) in [5, 5.41) is 11.7. The van der Waals surface area contributed by atoms with Crippen LogP contribution in [-0.2, 0) is 10.4 Å². The average Bonchev–Trinajstić information content (AvgIpc) is 3.26. The normalized spacial score (nSPS) is 29.1. The molecular formula is C27H35ClF2N2O3. The van der Waals surface area contributed by atoms with Gasteiger partial charge in [-0.15, -0.1) is 12.4 Å². The van der Waals surface area contributed by atoms with E-state index in [0.29, 0.717) is 31.7 Å². The molecule has 0 aliphatic carbocycles. The third-order valence-electron chi connectivity index (χ3n) is 7.88. The fourth-order valence-electron chi connectivity index (χ4n) is 5.85. The van der Waals surface area contributed by atoms with Crippen LogP contribution in [0.25, 0.3) is 0 Å². The van der Waals surface area contributed by atoms with E-state index in [9.17, 15) is 18.7 Å². The Bertz CT molecular complexity index is 1020. The minimum atomic E-state index is -1.07. The lowest BCUT2D eigenvalue weighted by Crippen LogP contribution is -2.57. The number of rotatable bonds is 5. The van der Waals surface area contributed by atoms with Crippen LogP contribution in [0.1, 0.15) is 37.8 Å². The van der Waals surface area contributed by atoms with Gasteiger partial charge in [0.1, 0.15) is 17.4 Å². The van der Waals surface area contributed by atoms with Crippen LogP contribution in [0.2, 0.25) is 0 Å². The lowest BCUT2D eigenvalue weighted by Gasteiger charge is -2.48. The van der Waals surface area contributed by atoms with Crippen molar-refractivity contribution < 1.29 is 23.4 Å². The second-order valence-corrected chi connectivity index (χ2v) is 9.83. The number of hydrogen-bond acceptors (Lipinski definition) is 4. The SMILES string of the molecule is CCN1C[C@@H](C(=O)N2C[C@@H](C)[C@@](O)(c3ccc(OC)cc3)[C@@H](C)C2)[C@H](c2ccc(F)cc2F)C1.Cl. The topological polar surface area (TPSA) is 53.0 Å². The lowest BCUT2D eigenvalue weighted by molar-refractivity contribution is -0.152. The van der Waals surface area contributed by atoms with Crippen LogP contribution in [0.3, 0.4) is 0 Å². The lowest BCUT2D eigenvalue weighted by atomic mass is 9.70. The van der Waals surface area contributed by atoms with Crippen molar-refractivity contribution in [3.8, 4) is 5.75 Å². The van der Waals surface area contributed by atoms with E-state index in [0.717, 1.165) is 23.9 Å². The van der Waals surface area contributed by atoms with Crippen LogP contribution in [0.15, 0.2) is 42.5 Å². The maximum Gasteiger partial charge on any atom is 0.227 e. The monoisotopic (exact) mass is 508 g/mol. The molecule has 2 aliphatic rings. The molecule has 0 unspecified atom stereocenters. The van der Waals surface area contributed by atoms with Gasteiger partial charge in [0, 0.05) is 50.0 Å². The Morgan fingerprint density at radius 2 is 1.69 bits per heavy atom. The quantitative estimate of drug-likeness (QED) is 0.649. The Morgan fingerprint density at radius 1 is 1.06 bits per heavy atom. The molecule has 0 spiro atoms. The second-order valence-electron chi connectivity index (χ2n) is 9.83. The summed E-state index contributed by atoms with van der Waals surface area (Å²) in [4.78, 5) is 17.7. The number of halogens is 3. The fourth-order valence-corrected chi connectivity index (χ4v) is 5.85. The molecule has 1 N–H and O–H groups in total. The molecule has 1 amide bonds. The summed E-state index contributed by atoms with van der Waals surface area (Å²) in [6.45, 7) is 8.62. The van der Waals surface area contributed by atoms with Crippen LogP contribution in [-0.4, -0.2) is 60.6 Å². The number of nitrogens with zero attached hydrogens (tertiary/aromatic N) is 2. The van der Waals surface area contributed by atoms with E-state index in [2.05, 4.69) is 4.90 Å². The molecule has 8 heteroatoms. The predicted octanol–water partition coefficient (Wildman–Crippen LogP) is 4.43. The van der Waals surface area contributed by atoms with E-state index in [1.165, 1.54) is 12.1 Å². The van der Waals surface area contributed by atoms with Crippen molar-refractivity contribution in [1.29, 1.82) is 0 Å². The summed E-state index contributed by atoms with van der Waals surface area (Å²) >= 11 is 0. The Kier molecular flexibility index (Phi) is 8.45. The Labute approximate surface area is 212 Å². The maximum atomic E-state index is 14.7. The highest BCUT2D eigenvalue weighted by Gasteiger charge is 2.49. The number of methoxy groups -OCH3 is 1. The molecule has 0 aromatic heterocycles. The molecule has 2 aliphatic heterocycles. The number of carbonyl (C=O) groups excluding carboxylic acids is 1. The van der Waals surface area contributed by atoms with Gasteiger partial charge < -0.3 is 19.6 Å². The first kappa shape index (κ1) is 27.4. The summed E-state index contributed by atoms with van der Waals surface area (Å²) in [6, 6.07) is 11.1. The molecule has 35 heavy (non-hydrogen) atoms. The van der Waals surface area contributed by atoms with Crippen molar-refractivity contribution in [3.05, 3.63) is 65.2 Å². The summed E-state index contributed by atoms with van der Waals surface area (Å²) in [5.74, 6) is -1.66. The van der Waals surface area contributed by atoms with Crippen LogP contribution in [0.4, 0.5) is 8.78 Å². The van der Waals surface area contributed by atoms with Gasteiger partial charge in [0.25, 0.3) is 0 Å². The molecule has 2 heterocycles. The van der Waals surface area contributed by atoms with Crippen LogP contribution < -0.4 is 4.74 Å². The standard InChI is InChI=1S/C27H34F2N2O3.ClH/c1-5-30-15-23(22-11-8-20(28)12-25(22)29)24(16-30)26(32)31-13-17(2)27(33,18(3)14-31)19-6-9-21(34-4)10-7-19;/h6-12,17-18,23-24,33H,5,13-16H2,1-4H3;1H/t17-,18+,23-,24+,27+;/m0./s1. The van der Waals surface area contributed by atoms with E-state index in [1.807, 2.05) is 49.9 Å². The number of ether oxygens (including phenoxy) is 1. The van der Waals surface area contributed by atoms with Crippen molar-refractivity contribution >= 4 is 18.3 Å². The molecule has 2 saturated heterocycles. The highest BCUT2D eigenvalue weighted by Crippen LogP contribution is 2.43. The highest BCUT2D eigenvalue weighted by molar-refractivity contribution is 5.85. The zero-order valence-corrected chi connectivity index (χ0v) is 21.5. The third-order valence-corrected chi connectivity index (χ3v) is 7.88. The number of amides is 1. The number of likely N-dealkylation sites (tertiary alicyclic amines) is 2. The number of likely N-dealkylation sites (N-methyl/N-ethyl adjacent to an activating group) is 1. The summed E-state index contributed by atoms with van der Waals surface area (Å²) in [5.41, 5.74) is 0.129. The first-order valence-corrected chi connectivity index (χ1v) is 12.0. The Balaban J connectivity index is 0.00000342. The van der Waals surface area contributed by atoms with Crippen LogP contribution in [0, 0.1) is 29.4 Å². The second kappa shape index (κ2) is 10.8. The van der Waals surface area contributed by atoms with Crippen molar-refractivity contribution in [1.82, 2.24) is 9.80 Å². The minimum absolute atomic E-state index is 0. The molecule has 192 valence electrons. The average molecular weight is 509 g/mol. The summed E-state index contributed by atoms with van der Waals surface area (Å²) in [6.07, 6.45) is 0. The van der Waals surface area contributed by atoms with Gasteiger partial charge in [-0.3, -0.25) is 4.79 Å². The van der Waals surface area contributed by atoms with Crippen molar-refractivity contribution in [3.63, 3.8) is 0 Å². The van der Waals surface area contributed by atoms with Gasteiger partial charge in [0.2, 0.25) is 5.91 Å². The molecular weight excluding hydrogens is 474 g/mol. The minimum Gasteiger partial charge on any atom is -0.497 e. The van der Waals surface area contributed by atoms with Crippen molar-refractivity contribution in [2.45, 2.75) is 32.3 Å². The number of hydrogen-bond donors (Lipinski definition) is 1. The summed E-state index contributed by atoms with van der Waals surface area (Å²) < 4.78 is 33.4. The predicted molar refractivity (Wildman–Crippen MR) is 134 cm³/mol. The van der Waals surface area contributed by atoms with Gasteiger partial charge in [-0.1, -0.05) is 39.0 Å². The van der Waals surface area contributed by atoms with Gasteiger partial charge in [-0.05, 0) is 35.9 Å². The van der Waals surface area contributed by atoms with E-state index in [1.54, 1.807) is 7.11 Å². The smallest absolute Gasteiger partial charge is 0.227 e. The van der Waals surface area contributed by atoms with Crippen molar-refractivity contribution in [2.75, 3.05) is 39.8 Å². The number of carbonyl (C=O) groups is 1. The van der Waals surface area contributed by atoms with Crippen LogP contribution >= 0.6 is 12.4 Å². The summed E-state index contributed by atoms with van der Waals surface area (Å²) in [7, 11) is 1.60.